The monoisotopic (exact) mass is 346 g/mol. The van der Waals surface area contributed by atoms with Gasteiger partial charge < -0.3 is 5.32 Å². The van der Waals surface area contributed by atoms with E-state index in [0.29, 0.717) is 5.69 Å². The second-order valence-electron chi connectivity index (χ2n) is 5.92. The molecule has 24 heavy (non-hydrogen) atoms. The Morgan fingerprint density at radius 2 is 1.71 bits per heavy atom. The summed E-state index contributed by atoms with van der Waals surface area (Å²) >= 11 is 0. The van der Waals surface area contributed by atoms with E-state index in [4.69, 9.17) is 0 Å². The third-order valence-corrected chi connectivity index (χ3v) is 5.69. The van der Waals surface area contributed by atoms with Crippen LogP contribution in [0.15, 0.2) is 47.4 Å². The molecule has 5 nitrogen and oxygen atoms in total. The van der Waals surface area contributed by atoms with Gasteiger partial charge in [0.1, 0.15) is 0 Å². The second-order valence-corrected chi connectivity index (χ2v) is 8.07. The molecule has 0 spiro atoms. The van der Waals surface area contributed by atoms with Gasteiger partial charge >= 0.3 is 0 Å². The normalized spacial score (nSPS) is 11.5. The Bertz CT molecular complexity index is 858. The largest absolute Gasteiger partial charge is 0.326 e. The molecule has 1 N–H and O–H groups in total. The number of sulfonamides is 1. The maximum atomic E-state index is 12.3. The first kappa shape index (κ1) is 18.2. The number of aryl methyl sites for hydroxylation is 2. The molecule has 0 radical (unpaired) electrons. The minimum absolute atomic E-state index is 0.157. The van der Waals surface area contributed by atoms with Crippen molar-refractivity contribution in [2.24, 2.45) is 0 Å². The second kappa shape index (κ2) is 7.15. The van der Waals surface area contributed by atoms with E-state index in [1.54, 1.807) is 12.1 Å². The molecular formula is C18H22N2O3S. The number of carbonyl (C=O) groups is 1. The van der Waals surface area contributed by atoms with Crippen molar-refractivity contribution < 1.29 is 13.2 Å². The van der Waals surface area contributed by atoms with Crippen molar-refractivity contribution in [3.05, 3.63) is 59.2 Å². The zero-order valence-electron chi connectivity index (χ0n) is 14.3. The third kappa shape index (κ3) is 4.01. The van der Waals surface area contributed by atoms with E-state index in [9.17, 15) is 13.2 Å². The van der Waals surface area contributed by atoms with Crippen molar-refractivity contribution >= 4 is 21.6 Å². The highest BCUT2D eigenvalue weighted by Gasteiger charge is 2.18. The van der Waals surface area contributed by atoms with Crippen molar-refractivity contribution in [2.45, 2.75) is 25.2 Å². The zero-order valence-corrected chi connectivity index (χ0v) is 15.1. The Balaban J connectivity index is 2.23. The summed E-state index contributed by atoms with van der Waals surface area (Å²) in [5, 5.41) is 2.82. The van der Waals surface area contributed by atoms with Gasteiger partial charge in [-0.25, -0.2) is 12.7 Å². The van der Waals surface area contributed by atoms with Crippen molar-refractivity contribution in [2.75, 3.05) is 19.4 Å². The lowest BCUT2D eigenvalue weighted by atomic mass is 10.1. The highest BCUT2D eigenvalue weighted by Crippen LogP contribution is 2.22. The number of hydrogen-bond donors (Lipinski definition) is 1. The molecule has 2 aromatic rings. The van der Waals surface area contributed by atoms with Crippen molar-refractivity contribution in [3.63, 3.8) is 0 Å². The van der Waals surface area contributed by atoms with Crippen LogP contribution in [0.5, 0.6) is 0 Å². The van der Waals surface area contributed by atoms with Crippen LogP contribution in [-0.2, 0) is 21.2 Å². The smallest absolute Gasteiger partial charge is 0.242 e. The maximum Gasteiger partial charge on any atom is 0.242 e. The van der Waals surface area contributed by atoms with Crippen molar-refractivity contribution in [1.29, 1.82) is 0 Å². The molecule has 0 aliphatic carbocycles. The van der Waals surface area contributed by atoms with Crippen LogP contribution in [0.25, 0.3) is 0 Å². The van der Waals surface area contributed by atoms with Gasteiger partial charge in [0.25, 0.3) is 0 Å². The summed E-state index contributed by atoms with van der Waals surface area (Å²) in [5.41, 5.74) is 3.32. The van der Waals surface area contributed by atoms with Gasteiger partial charge in [0.15, 0.2) is 0 Å². The minimum atomic E-state index is -3.54. The van der Waals surface area contributed by atoms with Gasteiger partial charge in [-0.15, -0.1) is 0 Å². The Labute approximate surface area is 143 Å². The highest BCUT2D eigenvalue weighted by atomic mass is 32.2. The van der Waals surface area contributed by atoms with Crippen molar-refractivity contribution in [1.82, 2.24) is 4.31 Å². The topological polar surface area (TPSA) is 66.5 Å². The molecule has 0 aliphatic rings. The number of amides is 1. The van der Waals surface area contributed by atoms with Gasteiger partial charge in [0, 0.05) is 19.8 Å². The molecule has 0 saturated carbocycles. The standard InChI is InChI=1S/C18H22N2O3S/c1-13-7-5-6-8-15(13)11-18(21)19-17-12-16(10-9-14(17)2)24(22,23)20(3)4/h5-10,12H,11H2,1-4H3,(H,19,21). The van der Waals surface area contributed by atoms with Crippen molar-refractivity contribution in [3.8, 4) is 0 Å². The Morgan fingerprint density at radius 1 is 1.04 bits per heavy atom. The van der Waals surface area contributed by atoms with Crippen LogP contribution < -0.4 is 5.32 Å². The van der Waals surface area contributed by atoms with Gasteiger partial charge in [-0.1, -0.05) is 30.3 Å². The molecule has 0 fully saturated rings. The fraction of sp³-hybridized carbons (Fsp3) is 0.278. The van der Waals surface area contributed by atoms with Gasteiger partial charge in [0.05, 0.1) is 11.3 Å². The number of benzene rings is 2. The SMILES string of the molecule is Cc1ccccc1CC(=O)Nc1cc(S(=O)(=O)N(C)C)ccc1C. The van der Waals surface area contributed by atoms with Crippen LogP contribution in [-0.4, -0.2) is 32.7 Å². The Morgan fingerprint density at radius 3 is 2.33 bits per heavy atom. The number of nitrogens with one attached hydrogen (secondary N) is 1. The summed E-state index contributed by atoms with van der Waals surface area (Å²) in [4.78, 5) is 12.5. The van der Waals surface area contributed by atoms with Crippen LogP contribution in [0.4, 0.5) is 5.69 Å². The maximum absolute atomic E-state index is 12.3. The molecule has 1 amide bonds. The van der Waals surface area contributed by atoms with E-state index < -0.39 is 10.0 Å². The predicted molar refractivity (Wildman–Crippen MR) is 95.6 cm³/mol. The fourth-order valence-corrected chi connectivity index (χ4v) is 3.21. The van der Waals surface area contributed by atoms with E-state index in [-0.39, 0.29) is 17.2 Å². The molecule has 128 valence electrons. The molecular weight excluding hydrogens is 324 g/mol. The molecule has 0 heterocycles. The van der Waals surface area contributed by atoms with Crippen LogP contribution in [0.2, 0.25) is 0 Å². The molecule has 0 aromatic heterocycles. The first-order chi connectivity index (χ1) is 11.2. The number of rotatable bonds is 5. The summed E-state index contributed by atoms with van der Waals surface area (Å²) in [5.74, 6) is -0.174. The van der Waals surface area contributed by atoms with E-state index in [1.165, 1.54) is 20.2 Å². The zero-order chi connectivity index (χ0) is 17.9. The van der Waals surface area contributed by atoms with Crippen LogP contribution in [0.1, 0.15) is 16.7 Å². The molecule has 0 bridgehead atoms. The predicted octanol–water partition coefficient (Wildman–Crippen LogP) is 2.73. The lowest BCUT2D eigenvalue weighted by Gasteiger charge is -2.14. The summed E-state index contributed by atoms with van der Waals surface area (Å²) < 4.78 is 25.6. The summed E-state index contributed by atoms with van der Waals surface area (Å²) in [6.45, 7) is 3.79. The Kier molecular flexibility index (Phi) is 5.41. The van der Waals surface area contributed by atoms with E-state index >= 15 is 0 Å². The molecule has 6 heteroatoms. The number of carbonyl (C=O) groups excluding carboxylic acids is 1. The first-order valence-corrected chi connectivity index (χ1v) is 9.03. The lowest BCUT2D eigenvalue weighted by Crippen LogP contribution is -2.22. The van der Waals surface area contributed by atoms with Crippen LogP contribution >= 0.6 is 0 Å². The average molecular weight is 346 g/mol. The summed E-state index contributed by atoms with van der Waals surface area (Å²) in [6, 6.07) is 12.4. The number of hydrogen-bond acceptors (Lipinski definition) is 3. The minimum Gasteiger partial charge on any atom is -0.326 e. The van der Waals surface area contributed by atoms with Gasteiger partial charge in [-0.2, -0.15) is 0 Å². The number of nitrogens with zero attached hydrogens (tertiary/aromatic N) is 1. The molecule has 2 rings (SSSR count). The summed E-state index contributed by atoms with van der Waals surface area (Å²) in [6.07, 6.45) is 0.247. The molecule has 0 atom stereocenters. The third-order valence-electron chi connectivity index (χ3n) is 3.87. The quantitative estimate of drug-likeness (QED) is 0.905. The summed E-state index contributed by atoms with van der Waals surface area (Å²) in [7, 11) is -0.580. The lowest BCUT2D eigenvalue weighted by molar-refractivity contribution is -0.115. The van der Waals surface area contributed by atoms with Crippen LogP contribution in [0.3, 0.4) is 0 Å². The van der Waals surface area contributed by atoms with Crippen LogP contribution in [0, 0.1) is 13.8 Å². The Hall–Kier alpha value is -2.18. The first-order valence-electron chi connectivity index (χ1n) is 7.59. The molecule has 0 aliphatic heterocycles. The van der Waals surface area contributed by atoms with Gasteiger partial charge in [-0.05, 0) is 42.7 Å². The van der Waals surface area contributed by atoms with Gasteiger partial charge in [-0.3, -0.25) is 4.79 Å². The van der Waals surface area contributed by atoms with E-state index in [0.717, 1.165) is 21.0 Å². The highest BCUT2D eigenvalue weighted by molar-refractivity contribution is 7.89. The van der Waals surface area contributed by atoms with E-state index in [1.807, 2.05) is 38.1 Å². The molecule has 0 unspecified atom stereocenters. The number of anilines is 1. The fourth-order valence-electron chi connectivity index (χ4n) is 2.28. The van der Waals surface area contributed by atoms with E-state index in [2.05, 4.69) is 5.32 Å². The average Bonchev–Trinajstić information content (AvgIpc) is 2.51. The van der Waals surface area contributed by atoms with Gasteiger partial charge in [0.2, 0.25) is 15.9 Å². The molecule has 0 saturated heterocycles. The molecule has 2 aromatic carbocycles.